The highest BCUT2D eigenvalue weighted by molar-refractivity contribution is 8.00. The van der Waals surface area contributed by atoms with Crippen LogP contribution < -0.4 is 19.7 Å². The first kappa shape index (κ1) is 19.4. The monoisotopic (exact) mass is 409 g/mol. The predicted molar refractivity (Wildman–Crippen MR) is 118 cm³/mol. The number of carbonyl (C=O) groups excluding carboxylic acids is 1. The summed E-state index contributed by atoms with van der Waals surface area (Å²) in [7, 11) is 3.97. The summed E-state index contributed by atoms with van der Waals surface area (Å²) in [6, 6.07) is 13.7. The zero-order valence-electron chi connectivity index (χ0n) is 16.7. The summed E-state index contributed by atoms with van der Waals surface area (Å²) >= 11 is 1.43. The van der Waals surface area contributed by atoms with Gasteiger partial charge in [0.25, 0.3) is 0 Å². The lowest BCUT2D eigenvalue weighted by Gasteiger charge is -2.19. The fourth-order valence-corrected chi connectivity index (χ4v) is 3.91. The summed E-state index contributed by atoms with van der Waals surface area (Å²) in [5, 5.41) is 4.77. The number of aromatic nitrogens is 1. The van der Waals surface area contributed by atoms with Gasteiger partial charge in [-0.3, -0.25) is 4.79 Å². The van der Waals surface area contributed by atoms with E-state index in [0.29, 0.717) is 19.0 Å². The topological polar surface area (TPSA) is 63.7 Å². The van der Waals surface area contributed by atoms with Crippen molar-refractivity contribution in [1.29, 1.82) is 0 Å². The van der Waals surface area contributed by atoms with Crippen LogP contribution in [-0.2, 0) is 4.79 Å². The molecule has 0 aliphatic carbocycles. The van der Waals surface area contributed by atoms with Gasteiger partial charge in [-0.05, 0) is 48.9 Å². The van der Waals surface area contributed by atoms with E-state index < -0.39 is 0 Å². The zero-order chi connectivity index (χ0) is 20.4. The SMILES string of the molecule is Cc1cc2cc3c(cc2nc1SCC(=O)Nc1ccc(N(C)C)cc1)OCCO3. The molecule has 0 bridgehead atoms. The third-order valence-electron chi connectivity index (χ3n) is 4.63. The standard InChI is InChI=1S/C22H23N3O3S/c1-14-10-15-11-19-20(28-9-8-27-19)12-18(15)24-22(14)29-13-21(26)23-16-4-6-17(7-5-16)25(2)3/h4-7,10-12H,8-9,13H2,1-3H3,(H,23,26). The maximum atomic E-state index is 12.4. The summed E-state index contributed by atoms with van der Waals surface area (Å²) < 4.78 is 11.3. The van der Waals surface area contributed by atoms with E-state index in [9.17, 15) is 4.79 Å². The van der Waals surface area contributed by atoms with E-state index in [-0.39, 0.29) is 5.91 Å². The molecule has 0 fully saturated rings. The fraction of sp³-hybridized carbons (Fsp3) is 0.273. The van der Waals surface area contributed by atoms with Crippen molar-refractivity contribution in [2.75, 3.05) is 43.3 Å². The number of ether oxygens (including phenoxy) is 2. The van der Waals surface area contributed by atoms with E-state index in [1.807, 2.05) is 62.3 Å². The molecule has 2 aromatic carbocycles. The number of thioether (sulfide) groups is 1. The average Bonchev–Trinajstić information content (AvgIpc) is 2.71. The number of amides is 1. The molecule has 4 rings (SSSR count). The molecule has 1 aliphatic rings. The molecule has 2 heterocycles. The quantitative estimate of drug-likeness (QED) is 0.640. The Balaban J connectivity index is 1.44. The van der Waals surface area contributed by atoms with Crippen LogP contribution >= 0.6 is 11.8 Å². The van der Waals surface area contributed by atoms with Gasteiger partial charge in [0.05, 0.1) is 11.3 Å². The first-order valence-corrected chi connectivity index (χ1v) is 10.4. The first-order chi connectivity index (χ1) is 14.0. The van der Waals surface area contributed by atoms with E-state index in [0.717, 1.165) is 44.4 Å². The molecule has 0 saturated carbocycles. The lowest BCUT2D eigenvalue weighted by Crippen LogP contribution is -2.15. The van der Waals surface area contributed by atoms with Crippen LogP contribution in [0.5, 0.6) is 11.5 Å². The molecule has 7 heteroatoms. The van der Waals surface area contributed by atoms with Gasteiger partial charge in [-0.1, -0.05) is 11.8 Å². The minimum Gasteiger partial charge on any atom is -0.486 e. The number of aryl methyl sites for hydroxylation is 1. The maximum Gasteiger partial charge on any atom is 0.234 e. The lowest BCUT2D eigenvalue weighted by molar-refractivity contribution is -0.113. The van der Waals surface area contributed by atoms with Gasteiger partial charge in [-0.15, -0.1) is 0 Å². The molecule has 29 heavy (non-hydrogen) atoms. The van der Waals surface area contributed by atoms with Crippen LogP contribution in [0.2, 0.25) is 0 Å². The molecule has 0 spiro atoms. The Labute approximate surface area is 174 Å². The van der Waals surface area contributed by atoms with Crippen LogP contribution in [0.25, 0.3) is 10.9 Å². The third kappa shape index (κ3) is 4.40. The highest BCUT2D eigenvalue weighted by atomic mass is 32.2. The highest BCUT2D eigenvalue weighted by Crippen LogP contribution is 2.35. The number of rotatable bonds is 5. The van der Waals surface area contributed by atoms with Crippen LogP contribution in [0.15, 0.2) is 47.5 Å². The van der Waals surface area contributed by atoms with Gasteiger partial charge in [-0.2, -0.15) is 0 Å². The van der Waals surface area contributed by atoms with Crippen LogP contribution in [0, 0.1) is 6.92 Å². The minimum absolute atomic E-state index is 0.0592. The van der Waals surface area contributed by atoms with Gasteiger partial charge in [0.2, 0.25) is 5.91 Å². The van der Waals surface area contributed by atoms with E-state index in [1.54, 1.807) is 0 Å². The lowest BCUT2D eigenvalue weighted by atomic mass is 10.1. The Morgan fingerprint density at radius 2 is 1.79 bits per heavy atom. The number of hydrogen-bond donors (Lipinski definition) is 1. The van der Waals surface area contributed by atoms with Gasteiger partial charge in [0, 0.05) is 36.9 Å². The van der Waals surface area contributed by atoms with Gasteiger partial charge in [-0.25, -0.2) is 4.98 Å². The fourth-order valence-electron chi connectivity index (χ4n) is 3.12. The first-order valence-electron chi connectivity index (χ1n) is 9.40. The molecule has 0 unspecified atom stereocenters. The van der Waals surface area contributed by atoms with Crippen molar-refractivity contribution >= 4 is 39.9 Å². The number of hydrogen-bond acceptors (Lipinski definition) is 6. The predicted octanol–water partition coefficient (Wildman–Crippen LogP) is 4.11. The second-order valence-corrected chi connectivity index (χ2v) is 8.04. The molecular weight excluding hydrogens is 386 g/mol. The number of nitrogens with zero attached hydrogens (tertiary/aromatic N) is 2. The third-order valence-corrected chi connectivity index (χ3v) is 5.72. The Hall–Kier alpha value is -2.93. The molecule has 1 amide bonds. The van der Waals surface area contributed by atoms with Crippen molar-refractivity contribution < 1.29 is 14.3 Å². The number of pyridine rings is 1. The molecular formula is C22H23N3O3S. The normalized spacial score (nSPS) is 12.7. The van der Waals surface area contributed by atoms with Gasteiger partial charge >= 0.3 is 0 Å². The average molecular weight is 410 g/mol. The molecule has 1 aromatic heterocycles. The van der Waals surface area contributed by atoms with Crippen LogP contribution in [0.1, 0.15) is 5.56 Å². The van der Waals surface area contributed by atoms with E-state index in [4.69, 9.17) is 14.5 Å². The number of anilines is 2. The summed E-state index contributed by atoms with van der Waals surface area (Å²) in [4.78, 5) is 19.1. The largest absolute Gasteiger partial charge is 0.486 e. The molecule has 1 aliphatic heterocycles. The van der Waals surface area contributed by atoms with Gasteiger partial charge < -0.3 is 19.7 Å². The van der Waals surface area contributed by atoms with Crippen molar-refractivity contribution in [1.82, 2.24) is 4.98 Å². The Bertz CT molecular complexity index is 1050. The molecule has 0 atom stereocenters. The number of nitrogens with one attached hydrogen (secondary N) is 1. The van der Waals surface area contributed by atoms with Crippen molar-refractivity contribution in [3.05, 3.63) is 48.0 Å². The van der Waals surface area contributed by atoms with Gasteiger partial charge in [0.1, 0.15) is 18.2 Å². The molecule has 1 N–H and O–H groups in total. The van der Waals surface area contributed by atoms with E-state index in [1.165, 1.54) is 11.8 Å². The van der Waals surface area contributed by atoms with Crippen molar-refractivity contribution in [3.63, 3.8) is 0 Å². The molecule has 6 nitrogen and oxygen atoms in total. The zero-order valence-corrected chi connectivity index (χ0v) is 17.5. The summed E-state index contributed by atoms with van der Waals surface area (Å²) in [6.07, 6.45) is 0. The van der Waals surface area contributed by atoms with Crippen molar-refractivity contribution in [2.24, 2.45) is 0 Å². The molecule has 3 aromatic rings. The summed E-state index contributed by atoms with van der Waals surface area (Å²) in [6.45, 7) is 3.11. The van der Waals surface area contributed by atoms with E-state index in [2.05, 4.69) is 11.4 Å². The van der Waals surface area contributed by atoms with Gasteiger partial charge in [0.15, 0.2) is 11.5 Å². The second kappa shape index (κ2) is 8.21. The molecule has 0 radical (unpaired) electrons. The Morgan fingerprint density at radius 1 is 1.10 bits per heavy atom. The van der Waals surface area contributed by atoms with Crippen LogP contribution in [0.4, 0.5) is 11.4 Å². The molecule has 0 saturated heterocycles. The van der Waals surface area contributed by atoms with Crippen molar-refractivity contribution in [2.45, 2.75) is 11.9 Å². The second-order valence-electron chi connectivity index (χ2n) is 7.08. The minimum atomic E-state index is -0.0592. The molecule has 150 valence electrons. The van der Waals surface area contributed by atoms with E-state index >= 15 is 0 Å². The highest BCUT2D eigenvalue weighted by Gasteiger charge is 2.15. The number of carbonyl (C=O) groups is 1. The Morgan fingerprint density at radius 3 is 2.48 bits per heavy atom. The van der Waals surface area contributed by atoms with Crippen LogP contribution in [-0.4, -0.2) is 44.0 Å². The summed E-state index contributed by atoms with van der Waals surface area (Å²) in [5.74, 6) is 1.70. The van der Waals surface area contributed by atoms with Crippen molar-refractivity contribution in [3.8, 4) is 11.5 Å². The summed E-state index contributed by atoms with van der Waals surface area (Å²) in [5.41, 5.74) is 3.74. The Kier molecular flexibility index (Phi) is 5.49. The smallest absolute Gasteiger partial charge is 0.234 e. The number of fused-ring (bicyclic) bond motifs is 2. The maximum absolute atomic E-state index is 12.4. The number of benzene rings is 2. The van der Waals surface area contributed by atoms with Crippen LogP contribution in [0.3, 0.4) is 0 Å².